The van der Waals surface area contributed by atoms with Crippen LogP contribution in [0.1, 0.15) is 36.5 Å². The Morgan fingerprint density at radius 2 is 2.12 bits per heavy atom. The Labute approximate surface area is 102 Å². The fourth-order valence-corrected chi connectivity index (χ4v) is 1.97. The van der Waals surface area contributed by atoms with E-state index in [0.717, 1.165) is 18.4 Å². The predicted molar refractivity (Wildman–Crippen MR) is 64.9 cm³/mol. The summed E-state index contributed by atoms with van der Waals surface area (Å²) < 4.78 is 11.1. The van der Waals surface area contributed by atoms with Crippen LogP contribution in [0.2, 0.25) is 0 Å². The van der Waals surface area contributed by atoms with Crippen molar-refractivity contribution < 1.29 is 14.3 Å². The Balaban J connectivity index is 1.90. The van der Waals surface area contributed by atoms with E-state index in [0.29, 0.717) is 13.0 Å². The van der Waals surface area contributed by atoms with Crippen molar-refractivity contribution in [2.24, 2.45) is 0 Å². The molecule has 0 aromatic heterocycles. The van der Waals surface area contributed by atoms with Gasteiger partial charge >= 0.3 is 0 Å². The van der Waals surface area contributed by atoms with Gasteiger partial charge in [-0.05, 0) is 12.8 Å². The normalized spacial score (nSPS) is 24.5. The van der Waals surface area contributed by atoms with Gasteiger partial charge < -0.3 is 9.47 Å². The zero-order chi connectivity index (χ0) is 12.1. The first-order chi connectivity index (χ1) is 8.29. The van der Waals surface area contributed by atoms with Crippen LogP contribution in [0.4, 0.5) is 0 Å². The molecule has 17 heavy (non-hydrogen) atoms. The molecule has 1 aliphatic heterocycles. The van der Waals surface area contributed by atoms with Gasteiger partial charge in [0.2, 0.25) is 0 Å². The average Bonchev–Trinajstić information content (AvgIpc) is 2.40. The minimum atomic E-state index is -0.141. The fraction of sp³-hybridized carbons (Fsp3) is 0.500. The minimum Gasteiger partial charge on any atom is -0.353 e. The highest BCUT2D eigenvalue weighted by molar-refractivity contribution is 5.96. The molecular weight excluding hydrogens is 216 g/mol. The average molecular weight is 234 g/mol. The van der Waals surface area contributed by atoms with Gasteiger partial charge in [-0.1, -0.05) is 37.3 Å². The zero-order valence-corrected chi connectivity index (χ0v) is 10.1. The third-order valence-corrected chi connectivity index (χ3v) is 2.93. The highest BCUT2D eigenvalue weighted by Gasteiger charge is 2.24. The van der Waals surface area contributed by atoms with Gasteiger partial charge in [0.1, 0.15) is 0 Å². The Bertz CT molecular complexity index is 361. The molecule has 0 unspecified atom stereocenters. The van der Waals surface area contributed by atoms with Crippen molar-refractivity contribution in [2.75, 3.05) is 6.61 Å². The number of ketones is 1. The van der Waals surface area contributed by atoms with E-state index in [1.807, 2.05) is 37.3 Å². The molecule has 1 aromatic carbocycles. The third-order valence-electron chi connectivity index (χ3n) is 2.93. The third kappa shape index (κ3) is 3.38. The van der Waals surface area contributed by atoms with E-state index in [4.69, 9.17) is 9.47 Å². The van der Waals surface area contributed by atoms with Gasteiger partial charge in [-0.2, -0.15) is 0 Å². The number of Topliss-reactive ketones (excluding diaryl/α,β-unsaturated/α-hetero) is 1. The van der Waals surface area contributed by atoms with Gasteiger partial charge in [0.15, 0.2) is 12.1 Å². The smallest absolute Gasteiger partial charge is 0.165 e. The van der Waals surface area contributed by atoms with Crippen LogP contribution in [0.15, 0.2) is 30.3 Å². The van der Waals surface area contributed by atoms with Gasteiger partial charge in [-0.25, -0.2) is 0 Å². The quantitative estimate of drug-likeness (QED) is 0.751. The van der Waals surface area contributed by atoms with Crippen molar-refractivity contribution in [2.45, 2.75) is 38.6 Å². The van der Waals surface area contributed by atoms with Crippen molar-refractivity contribution in [3.05, 3.63) is 35.9 Å². The van der Waals surface area contributed by atoms with Crippen LogP contribution in [0.25, 0.3) is 0 Å². The second-order valence-corrected chi connectivity index (χ2v) is 4.25. The van der Waals surface area contributed by atoms with Crippen LogP contribution in [-0.2, 0) is 9.47 Å². The summed E-state index contributed by atoms with van der Waals surface area (Å²) in [5.41, 5.74) is 0.760. The molecule has 0 N–H and O–H groups in total. The molecule has 1 aromatic rings. The molecule has 92 valence electrons. The molecule has 2 atom stereocenters. The fourth-order valence-electron chi connectivity index (χ4n) is 1.97. The lowest BCUT2D eigenvalue weighted by atomic mass is 10.0. The lowest BCUT2D eigenvalue weighted by Crippen LogP contribution is -2.33. The molecule has 0 bridgehead atoms. The van der Waals surface area contributed by atoms with E-state index >= 15 is 0 Å². The van der Waals surface area contributed by atoms with Crippen LogP contribution >= 0.6 is 0 Å². The summed E-state index contributed by atoms with van der Waals surface area (Å²) in [4.78, 5) is 12.0. The second-order valence-electron chi connectivity index (χ2n) is 4.25. The lowest BCUT2D eigenvalue weighted by Gasteiger charge is -2.29. The summed E-state index contributed by atoms with van der Waals surface area (Å²) in [7, 11) is 0. The summed E-state index contributed by atoms with van der Waals surface area (Å²) in [5, 5.41) is 0. The molecule has 2 rings (SSSR count). The maximum atomic E-state index is 12.0. The van der Waals surface area contributed by atoms with Crippen LogP contribution in [-0.4, -0.2) is 24.8 Å². The van der Waals surface area contributed by atoms with E-state index in [9.17, 15) is 4.79 Å². The summed E-state index contributed by atoms with van der Waals surface area (Å²) in [6.07, 6.45) is 1.94. The maximum Gasteiger partial charge on any atom is 0.165 e. The topological polar surface area (TPSA) is 35.5 Å². The van der Waals surface area contributed by atoms with Gasteiger partial charge in [0.05, 0.1) is 12.7 Å². The monoisotopic (exact) mass is 234 g/mol. The van der Waals surface area contributed by atoms with Gasteiger partial charge in [-0.3, -0.25) is 4.79 Å². The second kappa shape index (κ2) is 5.94. The maximum absolute atomic E-state index is 12.0. The number of hydrogen-bond donors (Lipinski definition) is 0. The van der Waals surface area contributed by atoms with Crippen molar-refractivity contribution >= 4 is 5.78 Å². The molecule has 1 saturated heterocycles. The predicted octanol–water partition coefficient (Wildman–Crippen LogP) is 2.80. The summed E-state index contributed by atoms with van der Waals surface area (Å²) in [6.45, 7) is 2.71. The first-order valence-electron chi connectivity index (χ1n) is 6.15. The Kier molecular flexibility index (Phi) is 4.29. The Hall–Kier alpha value is -1.19. The molecule has 0 spiro atoms. The van der Waals surface area contributed by atoms with Gasteiger partial charge in [0.25, 0.3) is 0 Å². The Morgan fingerprint density at radius 3 is 2.82 bits per heavy atom. The number of rotatable bonds is 4. The van der Waals surface area contributed by atoms with Crippen LogP contribution in [0.3, 0.4) is 0 Å². The van der Waals surface area contributed by atoms with E-state index in [-0.39, 0.29) is 18.2 Å². The number of carbonyl (C=O) groups excluding carboxylic acids is 1. The largest absolute Gasteiger partial charge is 0.353 e. The van der Waals surface area contributed by atoms with Crippen LogP contribution in [0, 0.1) is 0 Å². The van der Waals surface area contributed by atoms with Crippen molar-refractivity contribution in [3.63, 3.8) is 0 Å². The molecule has 1 heterocycles. The van der Waals surface area contributed by atoms with E-state index in [1.165, 1.54) is 0 Å². The minimum absolute atomic E-state index is 0.00130. The lowest BCUT2D eigenvalue weighted by molar-refractivity contribution is -0.211. The van der Waals surface area contributed by atoms with Crippen LogP contribution < -0.4 is 0 Å². The molecule has 3 heteroatoms. The molecule has 3 nitrogen and oxygen atoms in total. The van der Waals surface area contributed by atoms with Gasteiger partial charge in [-0.15, -0.1) is 0 Å². The first-order valence-corrected chi connectivity index (χ1v) is 6.15. The molecule has 1 aliphatic rings. The van der Waals surface area contributed by atoms with Crippen molar-refractivity contribution in [1.82, 2.24) is 0 Å². The molecule has 0 aliphatic carbocycles. The molecule has 0 amide bonds. The van der Waals surface area contributed by atoms with Crippen LogP contribution in [0.5, 0.6) is 0 Å². The van der Waals surface area contributed by atoms with Crippen molar-refractivity contribution in [1.29, 1.82) is 0 Å². The van der Waals surface area contributed by atoms with Gasteiger partial charge in [0, 0.05) is 12.0 Å². The summed E-state index contributed by atoms with van der Waals surface area (Å²) in [5.74, 6) is 0.146. The molecule has 1 fully saturated rings. The van der Waals surface area contributed by atoms with E-state index in [1.54, 1.807) is 0 Å². The van der Waals surface area contributed by atoms with E-state index < -0.39 is 0 Å². The number of benzene rings is 1. The summed E-state index contributed by atoms with van der Waals surface area (Å²) >= 11 is 0. The number of carbonyl (C=O) groups is 1. The summed E-state index contributed by atoms with van der Waals surface area (Å²) in [6, 6.07) is 9.37. The first kappa shape index (κ1) is 12.3. The highest BCUT2D eigenvalue weighted by Crippen LogP contribution is 2.19. The highest BCUT2D eigenvalue weighted by atomic mass is 16.7. The standard InChI is InChI=1S/C14H18O3/c1-2-14-16-9-8-12(17-14)10-13(15)11-6-4-3-5-7-11/h3-7,12,14H,2,8-10H2,1H3/t12-,14-/m1/s1. The van der Waals surface area contributed by atoms with E-state index in [2.05, 4.69) is 0 Å². The SMILES string of the molecule is CC[C@@H]1OCC[C@H](CC(=O)c2ccccc2)O1. The number of ether oxygens (including phenoxy) is 2. The number of hydrogen-bond acceptors (Lipinski definition) is 3. The zero-order valence-electron chi connectivity index (χ0n) is 10.1. The Morgan fingerprint density at radius 1 is 1.35 bits per heavy atom. The molecular formula is C14H18O3. The molecule has 0 saturated carbocycles. The van der Waals surface area contributed by atoms with Crippen molar-refractivity contribution in [3.8, 4) is 0 Å². The molecule has 0 radical (unpaired) electrons.